The highest BCUT2D eigenvalue weighted by Gasteiger charge is 2.35. The lowest BCUT2D eigenvalue weighted by atomic mass is 10.0. The van der Waals surface area contributed by atoms with Gasteiger partial charge in [0.2, 0.25) is 0 Å². The second-order valence-corrected chi connectivity index (χ2v) is 5.54. The molecular formula is C18H16F3NO3. The van der Waals surface area contributed by atoms with Gasteiger partial charge in [-0.2, -0.15) is 13.2 Å². The van der Waals surface area contributed by atoms with Crippen molar-refractivity contribution in [3.8, 4) is 0 Å². The van der Waals surface area contributed by atoms with Crippen LogP contribution in [0, 0.1) is 6.92 Å². The van der Waals surface area contributed by atoms with Crippen LogP contribution < -0.4 is 5.32 Å². The van der Waals surface area contributed by atoms with Crippen LogP contribution in [0.2, 0.25) is 0 Å². The van der Waals surface area contributed by atoms with Crippen molar-refractivity contribution in [2.45, 2.75) is 25.6 Å². The molecule has 0 aliphatic rings. The van der Waals surface area contributed by atoms with E-state index >= 15 is 0 Å². The predicted octanol–water partition coefficient (Wildman–Crippen LogP) is 3.44. The van der Waals surface area contributed by atoms with E-state index in [-0.39, 0.29) is 6.42 Å². The third-order valence-electron chi connectivity index (χ3n) is 3.77. The van der Waals surface area contributed by atoms with E-state index in [1.165, 1.54) is 12.1 Å². The van der Waals surface area contributed by atoms with Crippen molar-refractivity contribution in [1.29, 1.82) is 0 Å². The number of carbonyl (C=O) groups excluding carboxylic acids is 1. The first-order valence-corrected chi connectivity index (χ1v) is 7.44. The highest BCUT2D eigenvalue weighted by molar-refractivity contribution is 5.98. The lowest BCUT2D eigenvalue weighted by Crippen LogP contribution is -2.43. The van der Waals surface area contributed by atoms with Crippen LogP contribution in [-0.2, 0) is 17.4 Å². The van der Waals surface area contributed by atoms with Gasteiger partial charge in [0.25, 0.3) is 5.91 Å². The first kappa shape index (κ1) is 18.5. The number of alkyl halides is 3. The quantitative estimate of drug-likeness (QED) is 0.867. The topological polar surface area (TPSA) is 66.4 Å². The molecule has 2 N–H and O–H groups in total. The van der Waals surface area contributed by atoms with E-state index in [4.69, 9.17) is 0 Å². The van der Waals surface area contributed by atoms with Crippen molar-refractivity contribution in [2.24, 2.45) is 0 Å². The molecule has 0 spiro atoms. The maximum Gasteiger partial charge on any atom is 0.417 e. The Kier molecular flexibility index (Phi) is 5.46. The van der Waals surface area contributed by atoms with Gasteiger partial charge in [0.05, 0.1) is 11.1 Å². The third kappa shape index (κ3) is 4.59. The SMILES string of the molecule is Cc1ccccc1C[C@H](NC(=O)c1ccccc1C(F)(F)F)C(=O)O. The standard InChI is InChI=1S/C18H16F3NO3/c1-11-6-2-3-7-12(11)10-15(17(24)25)22-16(23)13-8-4-5-9-14(13)18(19,20)21/h2-9,15H,10H2,1H3,(H,22,23)(H,24,25)/t15-/m0/s1. The second kappa shape index (κ2) is 7.38. The maximum atomic E-state index is 13.0. The minimum absolute atomic E-state index is 0.0259. The van der Waals surface area contributed by atoms with E-state index in [2.05, 4.69) is 5.32 Å². The Morgan fingerprint density at radius 1 is 1.08 bits per heavy atom. The lowest BCUT2D eigenvalue weighted by molar-refractivity contribution is -0.139. The Hall–Kier alpha value is -2.83. The molecule has 2 aromatic rings. The molecule has 25 heavy (non-hydrogen) atoms. The number of hydrogen-bond acceptors (Lipinski definition) is 2. The zero-order valence-corrected chi connectivity index (χ0v) is 13.3. The Balaban J connectivity index is 2.25. The van der Waals surface area contributed by atoms with Crippen molar-refractivity contribution in [3.63, 3.8) is 0 Å². The van der Waals surface area contributed by atoms with Gasteiger partial charge < -0.3 is 10.4 Å². The maximum absolute atomic E-state index is 13.0. The molecule has 2 aromatic carbocycles. The number of amides is 1. The van der Waals surface area contributed by atoms with Gasteiger partial charge in [-0.15, -0.1) is 0 Å². The van der Waals surface area contributed by atoms with Crippen molar-refractivity contribution >= 4 is 11.9 Å². The molecule has 0 saturated heterocycles. The summed E-state index contributed by atoms with van der Waals surface area (Å²) in [7, 11) is 0. The largest absolute Gasteiger partial charge is 0.480 e. The number of carbonyl (C=O) groups is 2. The number of nitrogens with one attached hydrogen (secondary N) is 1. The molecule has 0 radical (unpaired) electrons. The van der Waals surface area contributed by atoms with Crippen LogP contribution in [0.15, 0.2) is 48.5 Å². The van der Waals surface area contributed by atoms with Gasteiger partial charge in [0.15, 0.2) is 0 Å². The normalized spacial score (nSPS) is 12.5. The van der Waals surface area contributed by atoms with Gasteiger partial charge in [-0.25, -0.2) is 4.79 Å². The number of benzene rings is 2. The molecule has 0 aromatic heterocycles. The fourth-order valence-electron chi connectivity index (χ4n) is 2.42. The second-order valence-electron chi connectivity index (χ2n) is 5.54. The fraction of sp³-hybridized carbons (Fsp3) is 0.222. The van der Waals surface area contributed by atoms with E-state index in [1.807, 2.05) is 0 Å². The highest BCUT2D eigenvalue weighted by Crippen LogP contribution is 2.31. The summed E-state index contributed by atoms with van der Waals surface area (Å²) in [6.07, 6.45) is -4.73. The smallest absolute Gasteiger partial charge is 0.417 e. The molecule has 0 unspecified atom stereocenters. The monoisotopic (exact) mass is 351 g/mol. The molecule has 7 heteroatoms. The van der Waals surface area contributed by atoms with E-state index in [0.717, 1.165) is 17.7 Å². The summed E-state index contributed by atoms with van der Waals surface area (Å²) in [4.78, 5) is 23.7. The van der Waals surface area contributed by atoms with E-state index in [1.54, 1.807) is 31.2 Å². The van der Waals surface area contributed by atoms with Crippen molar-refractivity contribution in [1.82, 2.24) is 5.32 Å². The van der Waals surface area contributed by atoms with Crippen molar-refractivity contribution < 1.29 is 27.9 Å². The Morgan fingerprint density at radius 3 is 2.28 bits per heavy atom. The number of aliphatic carboxylic acids is 1. The molecule has 4 nitrogen and oxygen atoms in total. The summed E-state index contributed by atoms with van der Waals surface area (Å²) >= 11 is 0. The molecule has 0 aliphatic heterocycles. The van der Waals surface area contributed by atoms with Crippen LogP contribution in [0.1, 0.15) is 27.0 Å². The predicted molar refractivity (Wildman–Crippen MR) is 85.2 cm³/mol. The van der Waals surface area contributed by atoms with Gasteiger partial charge in [-0.3, -0.25) is 4.79 Å². The van der Waals surface area contributed by atoms with Gasteiger partial charge in [0.1, 0.15) is 6.04 Å². The van der Waals surface area contributed by atoms with Crippen LogP contribution in [0.4, 0.5) is 13.2 Å². The van der Waals surface area contributed by atoms with Gasteiger partial charge in [0, 0.05) is 6.42 Å². The van der Waals surface area contributed by atoms with Crippen LogP contribution >= 0.6 is 0 Å². The molecule has 1 amide bonds. The average molecular weight is 351 g/mol. The van der Waals surface area contributed by atoms with Crippen LogP contribution in [0.25, 0.3) is 0 Å². The van der Waals surface area contributed by atoms with E-state index in [0.29, 0.717) is 5.56 Å². The summed E-state index contributed by atoms with van der Waals surface area (Å²) in [5.41, 5.74) is -0.184. The van der Waals surface area contributed by atoms with Gasteiger partial charge >= 0.3 is 12.1 Å². The highest BCUT2D eigenvalue weighted by atomic mass is 19.4. The lowest BCUT2D eigenvalue weighted by Gasteiger charge is -2.18. The fourth-order valence-corrected chi connectivity index (χ4v) is 2.42. The zero-order valence-electron chi connectivity index (χ0n) is 13.3. The first-order valence-electron chi connectivity index (χ1n) is 7.44. The van der Waals surface area contributed by atoms with Crippen molar-refractivity contribution in [3.05, 3.63) is 70.8 Å². The van der Waals surface area contributed by atoms with Gasteiger partial charge in [-0.05, 0) is 30.2 Å². The Labute approximate surface area is 142 Å². The molecule has 0 aliphatic carbocycles. The number of carboxylic acid groups (broad SMARTS) is 1. The Morgan fingerprint density at radius 2 is 1.68 bits per heavy atom. The summed E-state index contributed by atoms with van der Waals surface area (Å²) in [6, 6.07) is 9.93. The van der Waals surface area contributed by atoms with Crippen LogP contribution in [-0.4, -0.2) is 23.0 Å². The van der Waals surface area contributed by atoms with Gasteiger partial charge in [-0.1, -0.05) is 36.4 Å². The zero-order chi connectivity index (χ0) is 18.6. The summed E-state index contributed by atoms with van der Waals surface area (Å²) in [5, 5.41) is 11.5. The summed E-state index contributed by atoms with van der Waals surface area (Å²) in [5.74, 6) is -2.39. The molecule has 0 saturated carbocycles. The number of carboxylic acids is 1. The molecular weight excluding hydrogens is 335 g/mol. The Bertz CT molecular complexity index is 787. The van der Waals surface area contributed by atoms with E-state index < -0.39 is 35.2 Å². The van der Waals surface area contributed by atoms with Crippen LogP contribution in [0.3, 0.4) is 0 Å². The number of aryl methyl sites for hydroxylation is 1. The summed E-state index contributed by atoms with van der Waals surface area (Å²) < 4.78 is 39.0. The molecule has 1 atom stereocenters. The first-order chi connectivity index (χ1) is 11.7. The van der Waals surface area contributed by atoms with Crippen molar-refractivity contribution in [2.75, 3.05) is 0 Å². The molecule has 0 fully saturated rings. The number of halogens is 3. The molecule has 0 bridgehead atoms. The van der Waals surface area contributed by atoms with Crippen LogP contribution in [0.5, 0.6) is 0 Å². The number of rotatable bonds is 5. The molecule has 132 valence electrons. The van der Waals surface area contributed by atoms with E-state index in [9.17, 15) is 27.9 Å². The molecule has 0 heterocycles. The number of hydrogen-bond donors (Lipinski definition) is 2. The average Bonchev–Trinajstić information content (AvgIpc) is 2.55. The third-order valence-corrected chi connectivity index (χ3v) is 3.77. The minimum Gasteiger partial charge on any atom is -0.480 e. The molecule has 2 rings (SSSR count). The minimum atomic E-state index is -4.71. The summed E-state index contributed by atoms with van der Waals surface area (Å²) in [6.45, 7) is 1.79.